The van der Waals surface area contributed by atoms with E-state index < -0.39 is 0 Å². The van der Waals surface area contributed by atoms with Crippen molar-refractivity contribution in [3.05, 3.63) is 18.0 Å². The number of hydrogen-bond donors (Lipinski definition) is 1. The van der Waals surface area contributed by atoms with Crippen molar-refractivity contribution in [2.75, 3.05) is 6.54 Å². The number of aromatic nitrogens is 2. The third kappa shape index (κ3) is 1.73. The van der Waals surface area contributed by atoms with Gasteiger partial charge in [-0.3, -0.25) is 4.68 Å². The molecule has 0 radical (unpaired) electrons. The predicted molar refractivity (Wildman–Crippen MR) is 51.0 cm³/mol. The summed E-state index contributed by atoms with van der Waals surface area (Å²) in [5.41, 5.74) is 6.25. The zero-order chi connectivity index (χ0) is 9.10. The van der Waals surface area contributed by atoms with Gasteiger partial charge in [0.1, 0.15) is 0 Å². The SMILES string of the molecule is NCC#Cc1cnn(C2CCC2)c1. The Balaban J connectivity index is 2.08. The first-order chi connectivity index (χ1) is 6.40. The van der Waals surface area contributed by atoms with Gasteiger partial charge < -0.3 is 5.73 Å². The lowest BCUT2D eigenvalue weighted by Gasteiger charge is -2.25. The molecule has 3 heteroatoms. The summed E-state index contributed by atoms with van der Waals surface area (Å²) in [6, 6.07) is 0.619. The molecule has 0 unspecified atom stereocenters. The number of hydrogen-bond acceptors (Lipinski definition) is 2. The summed E-state index contributed by atoms with van der Waals surface area (Å²) in [7, 11) is 0. The molecule has 0 amide bonds. The molecular weight excluding hydrogens is 162 g/mol. The van der Waals surface area contributed by atoms with E-state index in [1.807, 2.05) is 10.9 Å². The average Bonchev–Trinajstić information content (AvgIpc) is 2.46. The van der Waals surface area contributed by atoms with E-state index in [0.29, 0.717) is 12.6 Å². The molecule has 1 saturated carbocycles. The lowest BCUT2D eigenvalue weighted by atomic mass is 9.93. The van der Waals surface area contributed by atoms with E-state index in [4.69, 9.17) is 5.73 Å². The van der Waals surface area contributed by atoms with Gasteiger partial charge in [-0.15, -0.1) is 0 Å². The van der Waals surface area contributed by atoms with Crippen molar-refractivity contribution in [3.8, 4) is 11.8 Å². The maximum atomic E-state index is 5.28. The molecule has 0 saturated heterocycles. The normalized spacial score (nSPS) is 16.1. The summed E-state index contributed by atoms with van der Waals surface area (Å²) in [4.78, 5) is 0. The van der Waals surface area contributed by atoms with Crippen LogP contribution in [0.5, 0.6) is 0 Å². The van der Waals surface area contributed by atoms with Crippen LogP contribution in [0.4, 0.5) is 0 Å². The molecule has 1 fully saturated rings. The monoisotopic (exact) mass is 175 g/mol. The van der Waals surface area contributed by atoms with Crippen LogP contribution >= 0.6 is 0 Å². The fraction of sp³-hybridized carbons (Fsp3) is 0.500. The minimum atomic E-state index is 0.411. The zero-order valence-electron chi connectivity index (χ0n) is 7.53. The van der Waals surface area contributed by atoms with E-state index in [2.05, 4.69) is 16.9 Å². The summed E-state index contributed by atoms with van der Waals surface area (Å²) in [6.07, 6.45) is 7.65. The van der Waals surface area contributed by atoms with Gasteiger partial charge in [0.2, 0.25) is 0 Å². The minimum absolute atomic E-state index is 0.411. The quantitative estimate of drug-likeness (QED) is 0.645. The molecule has 0 aliphatic heterocycles. The van der Waals surface area contributed by atoms with Gasteiger partial charge >= 0.3 is 0 Å². The van der Waals surface area contributed by atoms with Gasteiger partial charge in [-0.25, -0.2) is 0 Å². The van der Waals surface area contributed by atoms with Gasteiger partial charge in [-0.05, 0) is 19.3 Å². The van der Waals surface area contributed by atoms with Crippen molar-refractivity contribution < 1.29 is 0 Å². The summed E-state index contributed by atoms with van der Waals surface area (Å²) >= 11 is 0. The second-order valence-electron chi connectivity index (χ2n) is 3.30. The van der Waals surface area contributed by atoms with E-state index in [1.54, 1.807) is 6.20 Å². The standard InChI is InChI=1S/C10H13N3/c11-6-2-3-9-7-12-13(8-9)10-4-1-5-10/h7-8,10H,1,4-6,11H2. The lowest BCUT2D eigenvalue weighted by Crippen LogP contribution is -2.16. The van der Waals surface area contributed by atoms with E-state index in [-0.39, 0.29) is 0 Å². The van der Waals surface area contributed by atoms with Crippen molar-refractivity contribution in [3.63, 3.8) is 0 Å². The van der Waals surface area contributed by atoms with E-state index in [0.717, 1.165) is 5.56 Å². The molecule has 1 aromatic heterocycles. The Kier molecular flexibility index (Phi) is 2.33. The molecule has 1 heterocycles. The Morgan fingerprint density at radius 2 is 2.46 bits per heavy atom. The first kappa shape index (κ1) is 8.33. The third-order valence-electron chi connectivity index (χ3n) is 2.39. The second kappa shape index (κ2) is 3.63. The van der Waals surface area contributed by atoms with Crippen LogP contribution in [0.3, 0.4) is 0 Å². The first-order valence-corrected chi connectivity index (χ1v) is 4.63. The molecule has 1 aliphatic rings. The largest absolute Gasteiger partial charge is 0.320 e. The highest BCUT2D eigenvalue weighted by Crippen LogP contribution is 2.30. The maximum absolute atomic E-state index is 5.28. The number of rotatable bonds is 1. The molecule has 1 aromatic rings. The number of nitrogens with zero attached hydrogens (tertiary/aromatic N) is 2. The van der Waals surface area contributed by atoms with Gasteiger partial charge in [0, 0.05) is 6.20 Å². The third-order valence-corrected chi connectivity index (χ3v) is 2.39. The molecular formula is C10H13N3. The lowest BCUT2D eigenvalue weighted by molar-refractivity contribution is 0.289. The van der Waals surface area contributed by atoms with Crippen LogP contribution in [0.25, 0.3) is 0 Å². The Morgan fingerprint density at radius 3 is 3.08 bits per heavy atom. The maximum Gasteiger partial charge on any atom is 0.0646 e. The fourth-order valence-electron chi connectivity index (χ4n) is 1.41. The Hall–Kier alpha value is -1.27. The molecule has 68 valence electrons. The molecule has 0 aromatic carbocycles. The summed E-state index contributed by atoms with van der Waals surface area (Å²) in [5.74, 6) is 5.79. The van der Waals surface area contributed by atoms with Crippen molar-refractivity contribution in [2.24, 2.45) is 5.73 Å². The van der Waals surface area contributed by atoms with Gasteiger partial charge in [-0.1, -0.05) is 11.8 Å². The molecule has 2 N–H and O–H groups in total. The van der Waals surface area contributed by atoms with Crippen LogP contribution in [-0.4, -0.2) is 16.3 Å². The van der Waals surface area contributed by atoms with Crippen LogP contribution in [0.1, 0.15) is 30.9 Å². The molecule has 2 rings (SSSR count). The summed E-state index contributed by atoms with van der Waals surface area (Å²) in [5, 5.41) is 4.26. The van der Waals surface area contributed by atoms with Crippen LogP contribution < -0.4 is 5.73 Å². The van der Waals surface area contributed by atoms with Crippen LogP contribution in [0.15, 0.2) is 12.4 Å². The Morgan fingerprint density at radius 1 is 1.62 bits per heavy atom. The highest BCUT2D eigenvalue weighted by molar-refractivity contribution is 5.30. The zero-order valence-corrected chi connectivity index (χ0v) is 7.53. The minimum Gasteiger partial charge on any atom is -0.320 e. The van der Waals surface area contributed by atoms with Crippen molar-refractivity contribution in [1.29, 1.82) is 0 Å². The highest BCUT2D eigenvalue weighted by Gasteiger charge is 2.19. The first-order valence-electron chi connectivity index (χ1n) is 4.63. The van der Waals surface area contributed by atoms with Crippen molar-refractivity contribution in [1.82, 2.24) is 9.78 Å². The summed E-state index contributed by atoms with van der Waals surface area (Å²) < 4.78 is 2.02. The van der Waals surface area contributed by atoms with Crippen LogP contribution in [0, 0.1) is 11.8 Å². The molecule has 13 heavy (non-hydrogen) atoms. The Labute approximate surface area is 77.9 Å². The Bertz CT molecular complexity index is 339. The fourth-order valence-corrected chi connectivity index (χ4v) is 1.41. The van der Waals surface area contributed by atoms with E-state index in [1.165, 1.54) is 19.3 Å². The predicted octanol–water partition coefficient (Wildman–Crippen LogP) is 0.918. The molecule has 3 nitrogen and oxygen atoms in total. The smallest absolute Gasteiger partial charge is 0.0646 e. The van der Waals surface area contributed by atoms with E-state index in [9.17, 15) is 0 Å². The summed E-state index contributed by atoms with van der Waals surface area (Å²) in [6.45, 7) is 0.411. The number of nitrogens with two attached hydrogens (primary N) is 1. The van der Waals surface area contributed by atoms with Gasteiger partial charge in [0.25, 0.3) is 0 Å². The van der Waals surface area contributed by atoms with E-state index >= 15 is 0 Å². The van der Waals surface area contributed by atoms with Crippen molar-refractivity contribution >= 4 is 0 Å². The highest BCUT2D eigenvalue weighted by atomic mass is 15.3. The van der Waals surface area contributed by atoms with Crippen LogP contribution in [-0.2, 0) is 0 Å². The average molecular weight is 175 g/mol. The van der Waals surface area contributed by atoms with Gasteiger partial charge in [0.15, 0.2) is 0 Å². The molecule has 0 spiro atoms. The van der Waals surface area contributed by atoms with Gasteiger partial charge in [0.05, 0.1) is 24.3 Å². The van der Waals surface area contributed by atoms with Crippen LogP contribution in [0.2, 0.25) is 0 Å². The topological polar surface area (TPSA) is 43.8 Å². The molecule has 0 atom stereocenters. The molecule has 0 bridgehead atoms. The molecule has 1 aliphatic carbocycles. The second-order valence-corrected chi connectivity index (χ2v) is 3.30. The van der Waals surface area contributed by atoms with Crippen molar-refractivity contribution in [2.45, 2.75) is 25.3 Å². The van der Waals surface area contributed by atoms with Gasteiger partial charge in [-0.2, -0.15) is 5.10 Å².